The molecule has 1 heterocycles. The number of nitrogens with zero attached hydrogens (tertiary/aromatic N) is 3. The molecule has 0 fully saturated rings. The lowest BCUT2D eigenvalue weighted by molar-refractivity contribution is -0.385. The molecule has 0 bridgehead atoms. The molecule has 0 amide bonds. The first-order valence-electron chi connectivity index (χ1n) is 4.44. The van der Waals surface area contributed by atoms with Crippen LogP contribution in [0.5, 0.6) is 5.75 Å². The lowest BCUT2D eigenvalue weighted by Crippen LogP contribution is -1.95. The van der Waals surface area contributed by atoms with Gasteiger partial charge < -0.3 is 9.26 Å². The summed E-state index contributed by atoms with van der Waals surface area (Å²) in [7, 11) is 1.34. The van der Waals surface area contributed by atoms with Gasteiger partial charge in [0.2, 0.25) is 10.5 Å². The summed E-state index contributed by atoms with van der Waals surface area (Å²) in [6, 6.07) is 4.47. The van der Waals surface area contributed by atoms with E-state index in [0.29, 0.717) is 5.56 Å². The van der Waals surface area contributed by atoms with Gasteiger partial charge in [0.1, 0.15) is 0 Å². The number of nitro groups is 1. The minimum absolute atomic E-state index is 0.0913. The summed E-state index contributed by atoms with van der Waals surface area (Å²) < 4.78 is 10.2. The van der Waals surface area contributed by atoms with Crippen LogP contribution in [-0.4, -0.2) is 22.2 Å². The predicted molar refractivity (Wildman–Crippen MR) is 60.6 cm³/mol. The Morgan fingerprint density at radius 2 is 2.29 bits per heavy atom. The van der Waals surface area contributed by atoms with Crippen molar-refractivity contribution in [3.8, 4) is 17.2 Å². The van der Waals surface area contributed by atoms with Crippen LogP contribution in [0.1, 0.15) is 0 Å². The number of hydrogen-bond donors (Lipinski definition) is 0. The average molecular weight is 300 g/mol. The number of benzene rings is 1. The third kappa shape index (κ3) is 2.11. The van der Waals surface area contributed by atoms with E-state index < -0.39 is 4.92 Å². The van der Waals surface area contributed by atoms with Gasteiger partial charge in [0.15, 0.2) is 0 Å². The summed E-state index contributed by atoms with van der Waals surface area (Å²) in [4.78, 5) is 14.2. The molecule has 0 aliphatic carbocycles. The van der Waals surface area contributed by atoms with Gasteiger partial charge in [-0.15, -0.1) is 0 Å². The molecule has 0 aliphatic heterocycles. The number of methoxy groups -OCH3 is 1. The fraction of sp³-hybridized carbons (Fsp3) is 0.111. The highest BCUT2D eigenvalue weighted by Gasteiger charge is 2.22. The zero-order valence-electron chi connectivity index (χ0n) is 8.58. The maximum atomic E-state index is 10.8. The number of aromatic nitrogens is 2. The number of ether oxygens (including phenoxy) is 1. The summed E-state index contributed by atoms with van der Waals surface area (Å²) in [5, 5.41) is 14.4. The smallest absolute Gasteiger partial charge is 0.311 e. The van der Waals surface area contributed by atoms with Gasteiger partial charge in [-0.05, 0) is 27.2 Å². The molecule has 1 aromatic heterocycles. The molecule has 2 aromatic rings. The Morgan fingerprint density at radius 3 is 2.82 bits per heavy atom. The van der Waals surface area contributed by atoms with Gasteiger partial charge in [0.05, 0.1) is 17.6 Å². The molecule has 7 nitrogen and oxygen atoms in total. The quantitative estimate of drug-likeness (QED) is 0.638. The zero-order chi connectivity index (χ0) is 12.4. The normalized spacial score (nSPS) is 10.2. The van der Waals surface area contributed by atoms with Crippen molar-refractivity contribution >= 4 is 21.6 Å². The lowest BCUT2D eigenvalue weighted by atomic mass is 10.1. The Hall–Kier alpha value is -1.96. The first-order valence-corrected chi connectivity index (χ1v) is 5.23. The molecule has 0 spiro atoms. The van der Waals surface area contributed by atoms with Crippen LogP contribution in [0, 0.1) is 10.1 Å². The van der Waals surface area contributed by atoms with E-state index in [1.807, 2.05) is 0 Å². The fourth-order valence-electron chi connectivity index (χ4n) is 1.37. The highest BCUT2D eigenvalue weighted by atomic mass is 79.9. The lowest BCUT2D eigenvalue weighted by Gasteiger charge is -2.04. The molecule has 0 saturated carbocycles. The Kier molecular flexibility index (Phi) is 3.05. The van der Waals surface area contributed by atoms with Gasteiger partial charge in [0, 0.05) is 6.07 Å². The van der Waals surface area contributed by atoms with Crippen LogP contribution >= 0.6 is 15.9 Å². The van der Waals surface area contributed by atoms with Gasteiger partial charge in [-0.1, -0.05) is 6.07 Å². The van der Waals surface area contributed by atoms with Crippen LogP contribution in [-0.2, 0) is 0 Å². The van der Waals surface area contributed by atoms with Crippen LogP contribution in [0.25, 0.3) is 11.5 Å². The molecular formula is C9H6BrN3O4. The van der Waals surface area contributed by atoms with Crippen molar-refractivity contribution in [1.29, 1.82) is 0 Å². The van der Waals surface area contributed by atoms with Crippen LogP contribution in [0.4, 0.5) is 5.69 Å². The van der Waals surface area contributed by atoms with Gasteiger partial charge in [0.25, 0.3) is 5.89 Å². The van der Waals surface area contributed by atoms with E-state index in [0.717, 1.165) is 0 Å². The Labute approximate surface area is 104 Å². The zero-order valence-corrected chi connectivity index (χ0v) is 10.2. The topological polar surface area (TPSA) is 91.3 Å². The van der Waals surface area contributed by atoms with Gasteiger partial charge in [-0.2, -0.15) is 4.98 Å². The van der Waals surface area contributed by atoms with Crippen molar-refractivity contribution in [1.82, 2.24) is 10.1 Å². The van der Waals surface area contributed by atoms with Gasteiger partial charge >= 0.3 is 5.69 Å². The Morgan fingerprint density at radius 1 is 1.53 bits per heavy atom. The average Bonchev–Trinajstić information content (AvgIpc) is 2.74. The van der Waals surface area contributed by atoms with E-state index in [1.54, 1.807) is 6.07 Å². The summed E-state index contributed by atoms with van der Waals surface area (Å²) in [5.41, 5.74) is 0.222. The summed E-state index contributed by atoms with van der Waals surface area (Å²) in [6.07, 6.45) is 0. The first-order chi connectivity index (χ1) is 8.13. The number of rotatable bonds is 3. The molecule has 8 heteroatoms. The number of para-hydroxylation sites is 1. The Bertz CT molecular complexity index is 569. The van der Waals surface area contributed by atoms with Crippen LogP contribution in [0.3, 0.4) is 0 Å². The van der Waals surface area contributed by atoms with E-state index in [9.17, 15) is 10.1 Å². The Balaban J connectivity index is 2.61. The molecule has 1 aromatic carbocycles. The summed E-state index contributed by atoms with van der Waals surface area (Å²) in [5.74, 6) is 0.242. The van der Waals surface area contributed by atoms with Crippen molar-refractivity contribution < 1.29 is 14.2 Å². The fourth-order valence-corrected chi connectivity index (χ4v) is 1.60. The van der Waals surface area contributed by atoms with Crippen molar-refractivity contribution in [2.24, 2.45) is 0 Å². The van der Waals surface area contributed by atoms with E-state index in [-0.39, 0.29) is 22.1 Å². The molecular weight excluding hydrogens is 294 g/mol. The van der Waals surface area contributed by atoms with E-state index >= 15 is 0 Å². The number of halogens is 1. The van der Waals surface area contributed by atoms with Crippen molar-refractivity contribution in [2.75, 3.05) is 7.11 Å². The minimum Gasteiger partial charge on any atom is -0.490 e. The second-order valence-corrected chi connectivity index (χ2v) is 3.69. The number of nitro benzene ring substituents is 1. The van der Waals surface area contributed by atoms with Crippen molar-refractivity contribution in [2.45, 2.75) is 0 Å². The molecule has 0 atom stereocenters. The van der Waals surface area contributed by atoms with Crippen LogP contribution in [0.15, 0.2) is 27.5 Å². The minimum atomic E-state index is -0.534. The number of hydrogen-bond acceptors (Lipinski definition) is 6. The maximum Gasteiger partial charge on any atom is 0.311 e. The molecule has 17 heavy (non-hydrogen) atoms. The van der Waals surface area contributed by atoms with E-state index in [4.69, 9.17) is 9.26 Å². The van der Waals surface area contributed by atoms with E-state index in [2.05, 4.69) is 26.1 Å². The second kappa shape index (κ2) is 4.50. The SMILES string of the molecule is COc1c(-c2nc(Br)no2)cccc1[N+](=O)[O-]. The summed E-state index contributed by atoms with van der Waals surface area (Å²) >= 11 is 3.03. The van der Waals surface area contributed by atoms with E-state index in [1.165, 1.54) is 19.2 Å². The molecule has 0 aliphatic rings. The molecule has 0 radical (unpaired) electrons. The largest absolute Gasteiger partial charge is 0.490 e. The van der Waals surface area contributed by atoms with Gasteiger partial charge in [-0.3, -0.25) is 10.1 Å². The second-order valence-electron chi connectivity index (χ2n) is 2.98. The highest BCUT2D eigenvalue weighted by Crippen LogP contribution is 2.36. The van der Waals surface area contributed by atoms with Crippen LogP contribution < -0.4 is 4.74 Å². The summed E-state index contributed by atoms with van der Waals surface area (Å²) in [6.45, 7) is 0. The standard InChI is InChI=1S/C9H6BrN3O4/c1-16-7-5(8-11-9(10)12-17-8)3-2-4-6(7)13(14)15/h2-4H,1H3. The van der Waals surface area contributed by atoms with Crippen molar-refractivity contribution in [3.05, 3.63) is 33.0 Å². The monoisotopic (exact) mass is 299 g/mol. The maximum absolute atomic E-state index is 10.8. The highest BCUT2D eigenvalue weighted by molar-refractivity contribution is 9.10. The predicted octanol–water partition coefficient (Wildman–Crippen LogP) is 2.42. The molecule has 88 valence electrons. The van der Waals surface area contributed by atoms with Gasteiger partial charge in [-0.25, -0.2) is 0 Å². The third-order valence-electron chi connectivity index (χ3n) is 2.03. The van der Waals surface area contributed by atoms with Crippen molar-refractivity contribution in [3.63, 3.8) is 0 Å². The first kappa shape index (κ1) is 11.5. The molecule has 2 rings (SSSR count). The van der Waals surface area contributed by atoms with Crippen LogP contribution in [0.2, 0.25) is 0 Å². The molecule has 0 saturated heterocycles. The third-order valence-corrected chi connectivity index (χ3v) is 2.35. The molecule has 0 N–H and O–H groups in total. The molecule has 0 unspecified atom stereocenters.